The van der Waals surface area contributed by atoms with Crippen LogP contribution in [0.15, 0.2) is 42.5 Å². The number of hydrogen-bond donors (Lipinski definition) is 2. The third-order valence-corrected chi connectivity index (χ3v) is 4.42. The van der Waals surface area contributed by atoms with Crippen molar-refractivity contribution in [3.8, 4) is 17.2 Å². The molecular weight excluding hydrogens is 370 g/mol. The summed E-state index contributed by atoms with van der Waals surface area (Å²) in [5.74, 6) is 0.615. The second-order valence-electron chi connectivity index (χ2n) is 6.30. The SMILES string of the molecule is COc1ccccc1NC(=O)[C@H](C)[NH+](C)Cc1ccc(OC(F)F)c(OC)c1. The molecule has 1 amide bonds. The Labute approximate surface area is 163 Å². The first-order valence-corrected chi connectivity index (χ1v) is 8.73. The second-order valence-corrected chi connectivity index (χ2v) is 6.30. The number of amides is 1. The standard InChI is InChI=1S/C20H24F2N2O4/c1-13(19(25)23-15-7-5-6-8-16(15)26-3)24(2)12-14-9-10-17(28-20(21)22)18(11-14)27-4/h5-11,13,20H,12H2,1-4H3,(H,23,25)/p+1/t13-/m0/s1. The van der Waals surface area contributed by atoms with Crippen molar-refractivity contribution in [1.82, 2.24) is 0 Å². The molecule has 0 bridgehead atoms. The van der Waals surface area contributed by atoms with Gasteiger partial charge in [-0.05, 0) is 37.3 Å². The average Bonchev–Trinajstić information content (AvgIpc) is 2.68. The molecule has 0 radical (unpaired) electrons. The molecule has 2 rings (SSSR count). The lowest BCUT2D eigenvalue weighted by Crippen LogP contribution is -3.12. The maximum absolute atomic E-state index is 12.6. The Bertz CT molecular complexity index is 802. The van der Waals surface area contributed by atoms with E-state index in [4.69, 9.17) is 9.47 Å². The normalized spacial score (nSPS) is 13.0. The summed E-state index contributed by atoms with van der Waals surface area (Å²) >= 11 is 0. The van der Waals surface area contributed by atoms with Gasteiger partial charge in [0.25, 0.3) is 5.91 Å². The molecule has 152 valence electrons. The van der Waals surface area contributed by atoms with Gasteiger partial charge >= 0.3 is 6.61 Å². The number of para-hydroxylation sites is 2. The number of carbonyl (C=O) groups excluding carboxylic acids is 1. The molecule has 2 N–H and O–H groups in total. The number of methoxy groups -OCH3 is 2. The van der Waals surface area contributed by atoms with Crippen LogP contribution in [-0.2, 0) is 11.3 Å². The summed E-state index contributed by atoms with van der Waals surface area (Å²) in [6.07, 6.45) is 0. The number of alkyl halides is 2. The maximum Gasteiger partial charge on any atom is 0.387 e. The fourth-order valence-electron chi connectivity index (χ4n) is 2.70. The highest BCUT2D eigenvalue weighted by Gasteiger charge is 2.23. The van der Waals surface area contributed by atoms with E-state index in [1.54, 1.807) is 31.4 Å². The Hall–Kier alpha value is -2.87. The van der Waals surface area contributed by atoms with Crippen LogP contribution in [0, 0.1) is 0 Å². The highest BCUT2D eigenvalue weighted by Crippen LogP contribution is 2.29. The van der Waals surface area contributed by atoms with Gasteiger partial charge in [-0.25, -0.2) is 0 Å². The highest BCUT2D eigenvalue weighted by atomic mass is 19.3. The summed E-state index contributed by atoms with van der Waals surface area (Å²) in [4.78, 5) is 13.5. The molecule has 0 fully saturated rings. The van der Waals surface area contributed by atoms with Crippen molar-refractivity contribution in [2.75, 3.05) is 26.6 Å². The lowest BCUT2D eigenvalue weighted by atomic mass is 10.1. The summed E-state index contributed by atoms with van der Waals surface area (Å²) < 4.78 is 39.7. The van der Waals surface area contributed by atoms with Crippen LogP contribution >= 0.6 is 0 Å². The molecule has 0 aliphatic carbocycles. The van der Waals surface area contributed by atoms with E-state index in [9.17, 15) is 13.6 Å². The zero-order chi connectivity index (χ0) is 20.7. The van der Waals surface area contributed by atoms with E-state index in [-0.39, 0.29) is 23.4 Å². The first kappa shape index (κ1) is 21.4. The summed E-state index contributed by atoms with van der Waals surface area (Å²) in [5.41, 5.74) is 1.43. The van der Waals surface area contributed by atoms with Crippen LogP contribution in [0.3, 0.4) is 0 Å². The molecule has 1 unspecified atom stereocenters. The zero-order valence-corrected chi connectivity index (χ0v) is 16.3. The van der Waals surface area contributed by atoms with Crippen LogP contribution in [-0.4, -0.2) is 39.8 Å². The minimum atomic E-state index is -2.92. The van der Waals surface area contributed by atoms with Crippen molar-refractivity contribution in [2.45, 2.75) is 26.1 Å². The topological polar surface area (TPSA) is 61.2 Å². The molecule has 8 heteroatoms. The smallest absolute Gasteiger partial charge is 0.387 e. The first-order valence-electron chi connectivity index (χ1n) is 8.73. The molecule has 0 heterocycles. The lowest BCUT2D eigenvalue weighted by molar-refractivity contribution is -0.907. The molecule has 6 nitrogen and oxygen atoms in total. The molecule has 0 aliphatic rings. The fraction of sp³-hybridized carbons (Fsp3) is 0.350. The Balaban J connectivity index is 2.05. The molecule has 0 saturated carbocycles. The lowest BCUT2D eigenvalue weighted by Gasteiger charge is -2.22. The van der Waals surface area contributed by atoms with E-state index in [2.05, 4.69) is 10.1 Å². The maximum atomic E-state index is 12.6. The molecule has 0 saturated heterocycles. The predicted octanol–water partition coefficient (Wildman–Crippen LogP) is 2.35. The predicted molar refractivity (Wildman–Crippen MR) is 101 cm³/mol. The van der Waals surface area contributed by atoms with Gasteiger partial charge in [0, 0.05) is 5.56 Å². The van der Waals surface area contributed by atoms with E-state index in [0.717, 1.165) is 10.5 Å². The van der Waals surface area contributed by atoms with Crippen LogP contribution in [0.2, 0.25) is 0 Å². The van der Waals surface area contributed by atoms with Gasteiger partial charge < -0.3 is 24.4 Å². The summed E-state index contributed by atoms with van der Waals surface area (Å²) in [5, 5.41) is 2.87. The van der Waals surface area contributed by atoms with Crippen LogP contribution in [0.1, 0.15) is 12.5 Å². The zero-order valence-electron chi connectivity index (χ0n) is 16.3. The van der Waals surface area contributed by atoms with Crippen molar-refractivity contribution in [3.63, 3.8) is 0 Å². The quantitative estimate of drug-likeness (QED) is 0.684. The first-order chi connectivity index (χ1) is 13.3. The van der Waals surface area contributed by atoms with Crippen molar-refractivity contribution < 1.29 is 32.7 Å². The van der Waals surface area contributed by atoms with Gasteiger partial charge in [0.05, 0.1) is 27.0 Å². The molecule has 0 spiro atoms. The van der Waals surface area contributed by atoms with Gasteiger partial charge in [-0.2, -0.15) is 8.78 Å². The number of benzene rings is 2. The van der Waals surface area contributed by atoms with Crippen molar-refractivity contribution in [3.05, 3.63) is 48.0 Å². The Morgan fingerprint density at radius 2 is 1.75 bits per heavy atom. The van der Waals surface area contributed by atoms with Gasteiger partial charge in [0.2, 0.25) is 0 Å². The number of rotatable bonds is 9. The summed E-state index contributed by atoms with van der Waals surface area (Å²) in [7, 11) is 4.81. The number of ether oxygens (including phenoxy) is 3. The summed E-state index contributed by atoms with van der Waals surface area (Å²) in [6.45, 7) is -0.621. The minimum Gasteiger partial charge on any atom is -0.495 e. The number of nitrogens with one attached hydrogen (secondary N) is 2. The van der Waals surface area contributed by atoms with Gasteiger partial charge in [-0.15, -0.1) is 0 Å². The number of quaternary nitrogens is 1. The molecule has 0 aromatic heterocycles. The second kappa shape index (κ2) is 9.89. The molecule has 2 aromatic rings. The van der Waals surface area contributed by atoms with Crippen LogP contribution in [0.25, 0.3) is 0 Å². The van der Waals surface area contributed by atoms with Crippen molar-refractivity contribution in [2.24, 2.45) is 0 Å². The van der Waals surface area contributed by atoms with E-state index in [1.165, 1.54) is 13.2 Å². The third kappa shape index (κ3) is 5.56. The molecule has 2 aromatic carbocycles. The minimum absolute atomic E-state index is 0.0270. The number of anilines is 1. The third-order valence-electron chi connectivity index (χ3n) is 4.42. The Morgan fingerprint density at radius 3 is 2.39 bits per heavy atom. The molecule has 2 atom stereocenters. The van der Waals surface area contributed by atoms with Gasteiger partial charge in [-0.3, -0.25) is 4.79 Å². The Morgan fingerprint density at radius 1 is 1.07 bits per heavy atom. The number of hydrogen-bond acceptors (Lipinski definition) is 4. The van der Waals surface area contributed by atoms with E-state index in [1.807, 2.05) is 26.1 Å². The largest absolute Gasteiger partial charge is 0.495 e. The van der Waals surface area contributed by atoms with Crippen molar-refractivity contribution >= 4 is 11.6 Å². The number of carbonyl (C=O) groups is 1. The number of likely N-dealkylation sites (N-methyl/N-ethyl adjacent to an activating group) is 1. The van der Waals surface area contributed by atoms with E-state index < -0.39 is 6.61 Å². The van der Waals surface area contributed by atoms with Gasteiger partial charge in [0.15, 0.2) is 17.5 Å². The molecular formula is C20H25F2N2O4+. The van der Waals surface area contributed by atoms with Gasteiger partial charge in [0.1, 0.15) is 12.3 Å². The summed E-state index contributed by atoms with van der Waals surface area (Å²) in [6, 6.07) is 11.6. The average molecular weight is 395 g/mol. The highest BCUT2D eigenvalue weighted by molar-refractivity contribution is 5.94. The monoisotopic (exact) mass is 395 g/mol. The van der Waals surface area contributed by atoms with Crippen LogP contribution in [0.4, 0.5) is 14.5 Å². The van der Waals surface area contributed by atoms with Crippen LogP contribution < -0.4 is 24.4 Å². The van der Waals surface area contributed by atoms with Crippen LogP contribution in [0.5, 0.6) is 17.2 Å². The van der Waals surface area contributed by atoms with Gasteiger partial charge in [-0.1, -0.05) is 12.1 Å². The number of halogens is 2. The molecule has 28 heavy (non-hydrogen) atoms. The fourth-order valence-corrected chi connectivity index (χ4v) is 2.70. The Kier molecular flexibility index (Phi) is 7.57. The molecule has 0 aliphatic heterocycles. The van der Waals surface area contributed by atoms with E-state index in [0.29, 0.717) is 18.0 Å². The van der Waals surface area contributed by atoms with E-state index >= 15 is 0 Å². The van der Waals surface area contributed by atoms with Crippen molar-refractivity contribution in [1.29, 1.82) is 0 Å².